The molecule has 92 valence electrons. The Kier molecular flexibility index (Phi) is 2.71. The van der Waals surface area contributed by atoms with Crippen LogP contribution in [0.3, 0.4) is 0 Å². The number of fused-ring (bicyclic) bond motifs is 1. The lowest BCUT2D eigenvalue weighted by Crippen LogP contribution is -2.05. The molecule has 18 heavy (non-hydrogen) atoms. The fourth-order valence-corrected chi connectivity index (χ4v) is 2.29. The summed E-state index contributed by atoms with van der Waals surface area (Å²) in [6.45, 7) is 1.50. The topological polar surface area (TPSA) is 38.5 Å². The number of aryl methyl sites for hydroxylation is 2. The molecule has 0 fully saturated rings. The van der Waals surface area contributed by atoms with Gasteiger partial charge in [0.2, 0.25) is 0 Å². The Labute approximate surface area is 108 Å². The lowest BCUT2D eigenvalue weighted by Gasteiger charge is -2.05. The number of imidazole rings is 2. The van der Waals surface area contributed by atoms with Gasteiger partial charge in [0.15, 0.2) is 4.77 Å². The summed E-state index contributed by atoms with van der Waals surface area (Å²) < 4.78 is 17.7. The average Bonchev–Trinajstić information content (AvgIpc) is 2.93. The van der Waals surface area contributed by atoms with Crippen molar-refractivity contribution in [3.8, 4) is 0 Å². The Morgan fingerprint density at radius 2 is 2.22 bits per heavy atom. The molecule has 2 heterocycles. The van der Waals surface area contributed by atoms with Crippen LogP contribution in [0.1, 0.15) is 0 Å². The quantitative estimate of drug-likeness (QED) is 0.737. The highest BCUT2D eigenvalue weighted by Crippen LogP contribution is 2.15. The molecule has 2 aromatic heterocycles. The molecule has 1 aromatic carbocycles. The molecule has 4 nitrogen and oxygen atoms in total. The number of hydrogen-bond donors (Lipinski definition) is 1. The van der Waals surface area contributed by atoms with Crippen LogP contribution in [0.4, 0.5) is 4.39 Å². The van der Waals surface area contributed by atoms with E-state index in [2.05, 4.69) is 9.97 Å². The van der Waals surface area contributed by atoms with Gasteiger partial charge in [0.25, 0.3) is 0 Å². The van der Waals surface area contributed by atoms with Crippen LogP contribution in [-0.4, -0.2) is 19.1 Å². The molecule has 3 aromatic rings. The highest BCUT2D eigenvalue weighted by atomic mass is 32.1. The monoisotopic (exact) mass is 262 g/mol. The van der Waals surface area contributed by atoms with Crippen molar-refractivity contribution in [1.29, 1.82) is 0 Å². The third-order valence-corrected chi connectivity index (χ3v) is 3.20. The maximum Gasteiger partial charge on any atom is 0.178 e. The van der Waals surface area contributed by atoms with Crippen LogP contribution in [0.2, 0.25) is 0 Å². The van der Waals surface area contributed by atoms with Crippen molar-refractivity contribution < 1.29 is 4.39 Å². The van der Waals surface area contributed by atoms with E-state index >= 15 is 0 Å². The molecule has 1 N–H and O–H groups in total. The zero-order chi connectivity index (χ0) is 12.5. The number of aromatic nitrogens is 4. The van der Waals surface area contributed by atoms with Crippen LogP contribution in [0.15, 0.2) is 36.9 Å². The number of hydrogen-bond acceptors (Lipinski definition) is 2. The molecule has 0 atom stereocenters. The van der Waals surface area contributed by atoms with E-state index in [1.54, 1.807) is 18.6 Å². The summed E-state index contributed by atoms with van der Waals surface area (Å²) in [5, 5.41) is 0. The summed E-state index contributed by atoms with van der Waals surface area (Å²) in [5.41, 5.74) is 1.65. The van der Waals surface area contributed by atoms with Gasteiger partial charge in [0.1, 0.15) is 5.82 Å². The SMILES string of the molecule is Fc1ccc2c(c1)[nH]c(=S)n2CCn1ccnc1. The highest BCUT2D eigenvalue weighted by molar-refractivity contribution is 7.71. The van der Waals surface area contributed by atoms with Crippen molar-refractivity contribution in [2.45, 2.75) is 13.1 Å². The number of H-pyrrole nitrogens is 1. The van der Waals surface area contributed by atoms with Gasteiger partial charge in [-0.05, 0) is 30.4 Å². The molecule has 3 rings (SSSR count). The molecule has 0 amide bonds. The predicted molar refractivity (Wildman–Crippen MR) is 69.3 cm³/mol. The number of benzene rings is 1. The van der Waals surface area contributed by atoms with Crippen molar-refractivity contribution in [1.82, 2.24) is 19.1 Å². The molecular weight excluding hydrogens is 251 g/mol. The van der Waals surface area contributed by atoms with Crippen LogP contribution in [0.25, 0.3) is 11.0 Å². The lowest BCUT2D eigenvalue weighted by atomic mass is 10.3. The molecule has 0 radical (unpaired) electrons. The molecule has 0 aliphatic rings. The van der Waals surface area contributed by atoms with Crippen molar-refractivity contribution in [2.75, 3.05) is 0 Å². The van der Waals surface area contributed by atoms with Crippen molar-refractivity contribution in [2.24, 2.45) is 0 Å². The van der Waals surface area contributed by atoms with Gasteiger partial charge in [-0.15, -0.1) is 0 Å². The second kappa shape index (κ2) is 4.38. The summed E-state index contributed by atoms with van der Waals surface area (Å²) in [6.07, 6.45) is 5.40. The molecule has 0 unspecified atom stereocenters. The molecule has 0 aliphatic heterocycles. The normalized spacial score (nSPS) is 11.2. The number of nitrogens with one attached hydrogen (secondary N) is 1. The molecule has 0 aliphatic carbocycles. The van der Waals surface area contributed by atoms with Crippen LogP contribution >= 0.6 is 12.2 Å². The fraction of sp³-hybridized carbons (Fsp3) is 0.167. The Hall–Kier alpha value is -1.95. The van der Waals surface area contributed by atoms with Crippen LogP contribution in [0, 0.1) is 10.6 Å². The summed E-state index contributed by atoms with van der Waals surface area (Å²) >= 11 is 5.25. The Morgan fingerprint density at radius 1 is 1.33 bits per heavy atom. The highest BCUT2D eigenvalue weighted by Gasteiger charge is 2.05. The first-order valence-electron chi connectivity index (χ1n) is 5.58. The minimum Gasteiger partial charge on any atom is -0.336 e. The maximum absolute atomic E-state index is 13.1. The fourth-order valence-electron chi connectivity index (χ4n) is 1.99. The number of halogens is 1. The summed E-state index contributed by atoms with van der Waals surface area (Å²) in [4.78, 5) is 7.00. The van der Waals surface area contributed by atoms with E-state index in [0.29, 0.717) is 4.77 Å². The van der Waals surface area contributed by atoms with Crippen LogP contribution in [0.5, 0.6) is 0 Å². The van der Waals surface area contributed by atoms with Crippen molar-refractivity contribution >= 4 is 23.3 Å². The van der Waals surface area contributed by atoms with Gasteiger partial charge in [-0.1, -0.05) is 0 Å². The molecular formula is C12H11FN4S. The van der Waals surface area contributed by atoms with E-state index < -0.39 is 0 Å². The predicted octanol–water partition coefficient (Wildman–Crippen LogP) is 2.73. The number of rotatable bonds is 3. The summed E-state index contributed by atoms with van der Waals surface area (Å²) in [6, 6.07) is 4.64. The van der Waals surface area contributed by atoms with Crippen LogP contribution < -0.4 is 0 Å². The minimum atomic E-state index is -0.263. The van der Waals surface area contributed by atoms with E-state index in [-0.39, 0.29) is 5.82 Å². The summed E-state index contributed by atoms with van der Waals surface area (Å²) in [5.74, 6) is -0.263. The summed E-state index contributed by atoms with van der Waals surface area (Å²) in [7, 11) is 0. The molecule has 0 saturated heterocycles. The second-order valence-electron chi connectivity index (χ2n) is 4.04. The van der Waals surface area contributed by atoms with Crippen molar-refractivity contribution in [3.05, 3.63) is 47.5 Å². The molecule has 6 heteroatoms. The van der Waals surface area contributed by atoms with Gasteiger partial charge in [-0.25, -0.2) is 9.37 Å². The minimum absolute atomic E-state index is 0.263. The third kappa shape index (κ3) is 1.95. The average molecular weight is 262 g/mol. The lowest BCUT2D eigenvalue weighted by molar-refractivity contribution is 0.584. The standard InChI is InChI=1S/C12H11FN4S/c13-9-1-2-11-10(7-9)15-12(18)17(11)6-5-16-4-3-14-8-16/h1-4,7-8H,5-6H2,(H,15,18). The first kappa shape index (κ1) is 11.2. The molecule has 0 spiro atoms. The van der Waals surface area contributed by atoms with E-state index in [0.717, 1.165) is 24.1 Å². The van der Waals surface area contributed by atoms with Gasteiger partial charge in [0.05, 0.1) is 17.4 Å². The molecule has 0 saturated carbocycles. The van der Waals surface area contributed by atoms with Gasteiger partial charge in [-0.3, -0.25) is 0 Å². The van der Waals surface area contributed by atoms with E-state index in [9.17, 15) is 4.39 Å². The second-order valence-corrected chi connectivity index (χ2v) is 4.43. The first-order chi connectivity index (χ1) is 8.74. The number of aromatic amines is 1. The zero-order valence-electron chi connectivity index (χ0n) is 9.51. The Bertz CT molecular complexity index is 726. The zero-order valence-corrected chi connectivity index (χ0v) is 10.3. The first-order valence-corrected chi connectivity index (χ1v) is 5.99. The van der Waals surface area contributed by atoms with Gasteiger partial charge >= 0.3 is 0 Å². The Morgan fingerprint density at radius 3 is 3.00 bits per heavy atom. The van der Waals surface area contributed by atoms with Crippen LogP contribution in [-0.2, 0) is 13.1 Å². The van der Waals surface area contributed by atoms with E-state index in [1.165, 1.54) is 12.1 Å². The van der Waals surface area contributed by atoms with Gasteiger partial charge in [-0.2, -0.15) is 0 Å². The third-order valence-electron chi connectivity index (χ3n) is 2.88. The van der Waals surface area contributed by atoms with Gasteiger partial charge in [0, 0.05) is 25.5 Å². The smallest absolute Gasteiger partial charge is 0.178 e. The van der Waals surface area contributed by atoms with Gasteiger partial charge < -0.3 is 14.1 Å². The largest absolute Gasteiger partial charge is 0.336 e. The maximum atomic E-state index is 13.1. The van der Waals surface area contributed by atoms with E-state index in [1.807, 2.05) is 15.3 Å². The Balaban J connectivity index is 1.96. The van der Waals surface area contributed by atoms with Crippen molar-refractivity contribution in [3.63, 3.8) is 0 Å². The van der Waals surface area contributed by atoms with E-state index in [4.69, 9.17) is 12.2 Å². The molecule has 0 bridgehead atoms. The number of nitrogens with zero attached hydrogens (tertiary/aromatic N) is 3.